The first-order valence-electron chi connectivity index (χ1n) is 12.5. The Morgan fingerprint density at radius 3 is 2.75 bits per heavy atom. The van der Waals surface area contributed by atoms with Gasteiger partial charge in [-0.3, -0.25) is 4.79 Å². The molecule has 0 unspecified atom stereocenters. The Hall–Kier alpha value is -3.47. The molecule has 3 aromatic heterocycles. The number of imidazole rings is 1. The average Bonchev–Trinajstić information content (AvgIpc) is 3.22. The van der Waals surface area contributed by atoms with E-state index in [0.717, 1.165) is 48.6 Å². The molecule has 1 saturated heterocycles. The summed E-state index contributed by atoms with van der Waals surface area (Å²) in [5, 5.41) is 4.50. The Morgan fingerprint density at radius 2 is 2.06 bits per heavy atom. The zero-order valence-electron chi connectivity index (χ0n) is 21.9. The van der Waals surface area contributed by atoms with Gasteiger partial charge in [0, 0.05) is 38.3 Å². The van der Waals surface area contributed by atoms with Crippen LogP contribution >= 0.6 is 0 Å². The minimum atomic E-state index is 0.129. The number of rotatable bonds is 9. The number of piperazine rings is 1. The van der Waals surface area contributed by atoms with E-state index in [1.807, 2.05) is 30.1 Å². The first kappa shape index (κ1) is 25.6. The van der Waals surface area contributed by atoms with Crippen LogP contribution in [0.4, 0.5) is 11.6 Å². The molecular weight excluding hydrogens is 458 g/mol. The lowest BCUT2D eigenvalue weighted by molar-refractivity contribution is -0.134. The number of hydrogen-bond acceptors (Lipinski definition) is 9. The van der Waals surface area contributed by atoms with Crippen LogP contribution in [0.3, 0.4) is 0 Å². The zero-order valence-corrected chi connectivity index (χ0v) is 21.9. The number of likely N-dealkylation sites (N-methyl/N-ethyl adjacent to an activating group) is 1. The summed E-state index contributed by atoms with van der Waals surface area (Å²) in [5.74, 6) is 1.43. The minimum absolute atomic E-state index is 0.129. The molecule has 0 aliphatic carbocycles. The highest BCUT2D eigenvalue weighted by molar-refractivity contribution is 5.79. The lowest BCUT2D eigenvalue weighted by Crippen LogP contribution is -2.56. The zero-order chi connectivity index (χ0) is 25.8. The highest BCUT2D eigenvalue weighted by Crippen LogP contribution is 2.24. The smallest absolute Gasteiger partial charge is 0.336 e. The molecular formula is C25H37N9O2. The van der Waals surface area contributed by atoms with Gasteiger partial charge >= 0.3 is 6.01 Å². The van der Waals surface area contributed by atoms with Crippen molar-refractivity contribution in [2.75, 3.05) is 57.5 Å². The van der Waals surface area contributed by atoms with E-state index in [4.69, 9.17) is 15.5 Å². The van der Waals surface area contributed by atoms with E-state index in [0.29, 0.717) is 37.6 Å². The topological polar surface area (TPSA) is 118 Å². The van der Waals surface area contributed by atoms with E-state index in [-0.39, 0.29) is 18.0 Å². The van der Waals surface area contributed by atoms with Crippen LogP contribution < -0.4 is 15.4 Å². The maximum atomic E-state index is 12.5. The van der Waals surface area contributed by atoms with E-state index in [1.165, 1.54) is 0 Å². The van der Waals surface area contributed by atoms with Gasteiger partial charge in [0.25, 0.3) is 0 Å². The third-order valence-corrected chi connectivity index (χ3v) is 6.36. The molecule has 1 aliphatic heterocycles. The summed E-state index contributed by atoms with van der Waals surface area (Å²) in [5.41, 5.74) is 9.65. The van der Waals surface area contributed by atoms with Gasteiger partial charge in [-0.05, 0) is 45.5 Å². The molecule has 0 spiro atoms. The largest absolute Gasteiger partial charge is 0.462 e. The monoisotopic (exact) mass is 495 g/mol. The normalized spacial score (nSPS) is 16.2. The van der Waals surface area contributed by atoms with Gasteiger partial charge in [-0.1, -0.05) is 19.4 Å². The van der Waals surface area contributed by atoms with Gasteiger partial charge in [0.05, 0.1) is 25.0 Å². The fourth-order valence-corrected chi connectivity index (χ4v) is 4.56. The maximum absolute atomic E-state index is 12.5. The SMILES string of the molecule is CCCCOc1nc(N)c2ncc(Cc3cnc(N4CCN(C(=O)CN(C)C)[C@@H](C)C4)c(C)c3)n2n1. The molecule has 1 aliphatic rings. The number of nitrogen functional groups attached to an aromatic ring is 1. The second-order valence-electron chi connectivity index (χ2n) is 9.75. The van der Waals surface area contributed by atoms with Gasteiger partial charge in [0.2, 0.25) is 5.91 Å². The summed E-state index contributed by atoms with van der Waals surface area (Å²) in [4.78, 5) is 32.1. The number of ether oxygens (including phenoxy) is 1. The minimum Gasteiger partial charge on any atom is -0.462 e. The number of nitrogens with two attached hydrogens (primary N) is 1. The lowest BCUT2D eigenvalue weighted by atomic mass is 10.1. The summed E-state index contributed by atoms with van der Waals surface area (Å²) >= 11 is 0. The number of fused-ring (bicyclic) bond motifs is 1. The molecule has 0 bridgehead atoms. The van der Waals surface area contributed by atoms with Crippen molar-refractivity contribution in [3.05, 3.63) is 35.3 Å². The molecule has 3 aromatic rings. The first-order chi connectivity index (χ1) is 17.3. The number of carbonyl (C=O) groups is 1. The average molecular weight is 496 g/mol. The molecule has 0 saturated carbocycles. The van der Waals surface area contributed by atoms with E-state index in [1.54, 1.807) is 10.7 Å². The number of aryl methyl sites for hydroxylation is 1. The summed E-state index contributed by atoms with van der Waals surface area (Å²) in [6.45, 7) is 9.48. The number of nitrogens with zero attached hydrogens (tertiary/aromatic N) is 8. The van der Waals surface area contributed by atoms with Gasteiger partial charge in [-0.2, -0.15) is 4.98 Å². The van der Waals surface area contributed by atoms with E-state index < -0.39 is 0 Å². The summed E-state index contributed by atoms with van der Waals surface area (Å²) in [6, 6.07) is 2.54. The molecule has 1 fully saturated rings. The second-order valence-corrected chi connectivity index (χ2v) is 9.75. The Balaban J connectivity index is 1.47. The predicted molar refractivity (Wildman–Crippen MR) is 139 cm³/mol. The quantitative estimate of drug-likeness (QED) is 0.443. The predicted octanol–water partition coefficient (Wildman–Crippen LogP) is 1.78. The van der Waals surface area contributed by atoms with Crippen LogP contribution in [0.15, 0.2) is 18.5 Å². The molecule has 0 radical (unpaired) electrons. The number of carbonyl (C=O) groups excluding carboxylic acids is 1. The summed E-state index contributed by atoms with van der Waals surface area (Å²) in [6.07, 6.45) is 6.22. The number of aromatic nitrogens is 5. The molecule has 4 rings (SSSR count). The van der Waals surface area contributed by atoms with Crippen molar-refractivity contribution in [1.29, 1.82) is 0 Å². The van der Waals surface area contributed by atoms with Crippen LogP contribution in [0.2, 0.25) is 0 Å². The van der Waals surface area contributed by atoms with E-state index in [9.17, 15) is 4.79 Å². The number of hydrogen-bond donors (Lipinski definition) is 1. The van der Waals surface area contributed by atoms with Crippen LogP contribution in [0.1, 0.15) is 43.5 Å². The lowest BCUT2D eigenvalue weighted by Gasteiger charge is -2.41. The van der Waals surface area contributed by atoms with Crippen LogP contribution in [0.25, 0.3) is 5.65 Å². The van der Waals surface area contributed by atoms with Crippen molar-refractivity contribution in [2.24, 2.45) is 0 Å². The molecule has 4 heterocycles. The number of pyridine rings is 1. The number of anilines is 2. The molecule has 2 N–H and O–H groups in total. The Bertz CT molecular complexity index is 1210. The Labute approximate surface area is 212 Å². The Kier molecular flexibility index (Phi) is 7.88. The van der Waals surface area contributed by atoms with Crippen LogP contribution in [0.5, 0.6) is 6.01 Å². The molecule has 1 atom stereocenters. The molecule has 11 nitrogen and oxygen atoms in total. The molecule has 36 heavy (non-hydrogen) atoms. The van der Waals surface area contributed by atoms with E-state index >= 15 is 0 Å². The highest BCUT2D eigenvalue weighted by Gasteiger charge is 2.28. The molecule has 0 aromatic carbocycles. The first-order valence-corrected chi connectivity index (χ1v) is 12.5. The van der Waals surface area contributed by atoms with Gasteiger partial charge in [0.1, 0.15) is 5.82 Å². The van der Waals surface area contributed by atoms with Gasteiger partial charge in [0.15, 0.2) is 11.5 Å². The van der Waals surface area contributed by atoms with E-state index in [2.05, 4.69) is 46.8 Å². The molecule has 11 heteroatoms. The Morgan fingerprint density at radius 1 is 1.25 bits per heavy atom. The van der Waals surface area contributed by atoms with Crippen molar-refractivity contribution >= 4 is 23.2 Å². The van der Waals surface area contributed by atoms with Crippen molar-refractivity contribution < 1.29 is 9.53 Å². The number of unbranched alkanes of at least 4 members (excludes halogenated alkanes) is 1. The maximum Gasteiger partial charge on any atom is 0.336 e. The van der Waals surface area contributed by atoms with Crippen molar-refractivity contribution in [3.8, 4) is 6.01 Å². The third kappa shape index (κ3) is 5.67. The fourth-order valence-electron chi connectivity index (χ4n) is 4.56. The van der Waals surface area contributed by atoms with Crippen molar-refractivity contribution in [3.63, 3.8) is 0 Å². The highest BCUT2D eigenvalue weighted by atomic mass is 16.5. The molecule has 194 valence electrons. The van der Waals surface area contributed by atoms with Gasteiger partial charge < -0.3 is 25.2 Å². The molecule has 1 amide bonds. The summed E-state index contributed by atoms with van der Waals surface area (Å²) < 4.78 is 7.37. The third-order valence-electron chi connectivity index (χ3n) is 6.36. The summed E-state index contributed by atoms with van der Waals surface area (Å²) in [7, 11) is 3.84. The second kappa shape index (κ2) is 11.1. The van der Waals surface area contributed by atoms with Crippen molar-refractivity contribution in [2.45, 2.75) is 46.1 Å². The standard InChI is InChI=1S/C25H37N9O2/c1-6-7-10-36-25-29-22(26)24-28-14-20(34(24)30-25)12-19-11-17(2)23(27-13-19)32-8-9-33(18(3)15-32)21(35)16-31(4)5/h11,13-14,18H,6-10,12,15-16H2,1-5H3,(H2,26,29,30)/t18-/m0/s1. The number of amides is 1. The van der Waals surface area contributed by atoms with Gasteiger partial charge in [-0.25, -0.2) is 14.5 Å². The van der Waals surface area contributed by atoms with Crippen LogP contribution in [-0.2, 0) is 11.2 Å². The van der Waals surface area contributed by atoms with Crippen LogP contribution in [0, 0.1) is 6.92 Å². The van der Waals surface area contributed by atoms with Gasteiger partial charge in [-0.15, -0.1) is 5.10 Å². The fraction of sp³-hybridized carbons (Fsp3) is 0.560. The van der Waals surface area contributed by atoms with Crippen LogP contribution in [-0.4, -0.2) is 93.2 Å². The van der Waals surface area contributed by atoms with Crippen molar-refractivity contribution in [1.82, 2.24) is 34.4 Å².